The van der Waals surface area contributed by atoms with E-state index in [2.05, 4.69) is 16.0 Å². The summed E-state index contributed by atoms with van der Waals surface area (Å²) in [5.74, 6) is -15.5. The fraction of sp³-hybridized carbons (Fsp3) is 0.393. The van der Waals surface area contributed by atoms with E-state index < -0.39 is 101 Å². The summed E-state index contributed by atoms with van der Waals surface area (Å²) in [7, 11) is 0. The van der Waals surface area contributed by atoms with Gasteiger partial charge < -0.3 is 32.5 Å². The Labute approximate surface area is 264 Å². The number of carbonyl (C=O) groups is 5. The molecule has 5 amide bonds. The third-order valence-corrected chi connectivity index (χ3v) is 7.12. The highest BCUT2D eigenvalue weighted by atomic mass is 32.2. The standard InChI is InChI=1S/C28H33F5N6O6S/c1-12(37-26(43)16(34)9-13-3-5-14(40)6-4-13)25(42)36-11-19(41)39-28(45)18(7-8-46-2)38-27(44)17(35)10-15-20(29)22(31)24(33)23(32)21(15)30/h3-6,12,16-18,40H,7-11,34-35H2,1-2H3,(H,36,42)(H,37,43)(H,38,44)(H,39,41,45). The number of thioether (sulfide) groups is 1. The number of carbonyl (C=O) groups excluding carboxylic acids is 5. The molecule has 0 heterocycles. The fourth-order valence-corrected chi connectivity index (χ4v) is 4.35. The number of imide groups is 1. The van der Waals surface area contributed by atoms with Gasteiger partial charge in [-0.25, -0.2) is 22.0 Å². The van der Waals surface area contributed by atoms with Crippen LogP contribution in [0.1, 0.15) is 24.5 Å². The van der Waals surface area contributed by atoms with Crippen molar-refractivity contribution in [2.45, 2.75) is 50.4 Å². The van der Waals surface area contributed by atoms with Crippen LogP contribution < -0.4 is 32.7 Å². The molecule has 18 heteroatoms. The number of halogens is 5. The Hall–Kier alpha value is -4.29. The lowest BCUT2D eigenvalue weighted by molar-refractivity contribution is -0.135. The second-order valence-electron chi connectivity index (χ2n) is 10.0. The van der Waals surface area contributed by atoms with E-state index in [1.807, 2.05) is 5.32 Å². The number of rotatable bonds is 15. The topological polar surface area (TPSA) is 206 Å². The lowest BCUT2D eigenvalue weighted by Crippen LogP contribution is -2.55. The van der Waals surface area contributed by atoms with E-state index in [9.17, 15) is 51.0 Å². The van der Waals surface area contributed by atoms with Crippen LogP contribution in [0.25, 0.3) is 0 Å². The molecular weight excluding hydrogens is 643 g/mol. The summed E-state index contributed by atoms with van der Waals surface area (Å²) >= 11 is 1.26. The normalized spacial score (nSPS) is 13.6. The summed E-state index contributed by atoms with van der Waals surface area (Å²) in [6.45, 7) is 0.612. The molecule has 12 nitrogen and oxygen atoms in total. The molecule has 0 aliphatic heterocycles. The fourth-order valence-electron chi connectivity index (χ4n) is 3.88. The van der Waals surface area contributed by atoms with E-state index >= 15 is 0 Å². The summed E-state index contributed by atoms with van der Waals surface area (Å²) in [6.07, 6.45) is 0.630. The molecule has 0 saturated carbocycles. The molecule has 0 saturated heterocycles. The summed E-state index contributed by atoms with van der Waals surface area (Å²) in [5, 5.41) is 18.1. The predicted molar refractivity (Wildman–Crippen MR) is 156 cm³/mol. The number of amides is 5. The van der Waals surface area contributed by atoms with Gasteiger partial charge in [0.25, 0.3) is 0 Å². The summed E-state index contributed by atoms with van der Waals surface area (Å²) < 4.78 is 68.4. The molecule has 252 valence electrons. The molecule has 0 aliphatic carbocycles. The number of hydrogen-bond donors (Lipinski definition) is 7. The lowest BCUT2D eigenvalue weighted by atomic mass is 10.0. The first kappa shape index (κ1) is 37.9. The first-order valence-electron chi connectivity index (χ1n) is 13.6. The highest BCUT2D eigenvalue weighted by Gasteiger charge is 2.30. The maximum Gasteiger partial charge on any atom is 0.249 e. The van der Waals surface area contributed by atoms with Crippen LogP contribution in [-0.4, -0.2) is 77.4 Å². The SMILES string of the molecule is CSCCC(NC(=O)C(N)Cc1c(F)c(F)c(F)c(F)c1F)C(=O)NC(=O)CNC(=O)C(C)NC(=O)C(N)Cc1ccc(O)cc1. The van der Waals surface area contributed by atoms with Crippen molar-refractivity contribution in [3.63, 3.8) is 0 Å². The van der Waals surface area contributed by atoms with Gasteiger partial charge in [0.2, 0.25) is 35.4 Å². The van der Waals surface area contributed by atoms with Crippen LogP contribution >= 0.6 is 11.8 Å². The molecule has 4 unspecified atom stereocenters. The zero-order valence-corrected chi connectivity index (χ0v) is 25.4. The molecular formula is C28H33F5N6O6S. The Morgan fingerprint density at radius 2 is 1.30 bits per heavy atom. The minimum absolute atomic E-state index is 0.0361. The van der Waals surface area contributed by atoms with Crippen molar-refractivity contribution < 1.29 is 51.0 Å². The van der Waals surface area contributed by atoms with Crippen molar-refractivity contribution >= 4 is 41.3 Å². The quantitative estimate of drug-likeness (QED) is 0.0771. The third kappa shape index (κ3) is 10.7. The van der Waals surface area contributed by atoms with Crippen LogP contribution in [0.5, 0.6) is 5.75 Å². The van der Waals surface area contributed by atoms with Gasteiger partial charge in [-0.3, -0.25) is 29.3 Å². The number of nitrogens with two attached hydrogens (primary N) is 2. The molecule has 2 aromatic carbocycles. The van der Waals surface area contributed by atoms with E-state index in [1.165, 1.54) is 30.8 Å². The molecule has 4 atom stereocenters. The lowest BCUT2D eigenvalue weighted by Gasteiger charge is -2.21. The minimum atomic E-state index is -2.38. The molecule has 46 heavy (non-hydrogen) atoms. The van der Waals surface area contributed by atoms with Crippen molar-refractivity contribution in [2.24, 2.45) is 11.5 Å². The first-order chi connectivity index (χ1) is 21.6. The van der Waals surface area contributed by atoms with Gasteiger partial charge in [-0.1, -0.05) is 12.1 Å². The molecule has 0 aliphatic rings. The number of nitrogens with one attached hydrogen (secondary N) is 4. The molecule has 0 fully saturated rings. The minimum Gasteiger partial charge on any atom is -0.508 e. The molecule has 0 radical (unpaired) electrons. The maximum absolute atomic E-state index is 14.0. The third-order valence-electron chi connectivity index (χ3n) is 6.47. The van der Waals surface area contributed by atoms with Crippen LogP contribution in [0, 0.1) is 29.1 Å². The van der Waals surface area contributed by atoms with Crippen LogP contribution in [0.15, 0.2) is 24.3 Å². The van der Waals surface area contributed by atoms with Crippen molar-refractivity contribution in [1.82, 2.24) is 21.3 Å². The second-order valence-corrected chi connectivity index (χ2v) is 11.0. The second kappa shape index (κ2) is 17.4. The Balaban J connectivity index is 1.91. The largest absolute Gasteiger partial charge is 0.508 e. The van der Waals surface area contributed by atoms with Gasteiger partial charge >= 0.3 is 0 Å². The predicted octanol–water partition coefficient (Wildman–Crippen LogP) is 0.0291. The van der Waals surface area contributed by atoms with Crippen molar-refractivity contribution in [3.8, 4) is 5.75 Å². The number of benzene rings is 2. The van der Waals surface area contributed by atoms with Crippen LogP contribution in [0.4, 0.5) is 22.0 Å². The summed E-state index contributed by atoms with van der Waals surface area (Å²) in [4.78, 5) is 62.4. The number of phenolic OH excluding ortho intramolecular Hbond substituents is 1. The summed E-state index contributed by atoms with van der Waals surface area (Å²) in [5.41, 5.74) is 10.8. The summed E-state index contributed by atoms with van der Waals surface area (Å²) in [6, 6.07) is 0.581. The van der Waals surface area contributed by atoms with Gasteiger partial charge in [-0.15, -0.1) is 0 Å². The van der Waals surface area contributed by atoms with Gasteiger partial charge in [0.15, 0.2) is 23.3 Å². The zero-order chi connectivity index (χ0) is 34.7. The monoisotopic (exact) mass is 676 g/mol. The van der Waals surface area contributed by atoms with Crippen molar-refractivity contribution in [1.29, 1.82) is 0 Å². The Bertz CT molecular complexity index is 1420. The van der Waals surface area contributed by atoms with E-state index in [0.717, 1.165) is 0 Å². The van der Waals surface area contributed by atoms with Gasteiger partial charge in [-0.2, -0.15) is 11.8 Å². The first-order valence-corrected chi connectivity index (χ1v) is 15.0. The van der Waals surface area contributed by atoms with Crippen molar-refractivity contribution in [3.05, 3.63) is 64.5 Å². The van der Waals surface area contributed by atoms with Gasteiger partial charge in [0, 0.05) is 12.0 Å². The van der Waals surface area contributed by atoms with Gasteiger partial charge in [-0.05, 0) is 49.5 Å². The van der Waals surface area contributed by atoms with E-state index in [-0.39, 0.29) is 24.3 Å². The smallest absolute Gasteiger partial charge is 0.249 e. The average Bonchev–Trinajstić information content (AvgIpc) is 3.02. The van der Waals surface area contributed by atoms with E-state index in [4.69, 9.17) is 11.5 Å². The van der Waals surface area contributed by atoms with Gasteiger partial charge in [0.1, 0.15) is 17.8 Å². The van der Waals surface area contributed by atoms with Crippen LogP contribution in [0.2, 0.25) is 0 Å². The van der Waals surface area contributed by atoms with E-state index in [1.54, 1.807) is 18.4 Å². The van der Waals surface area contributed by atoms with Gasteiger partial charge in [0.05, 0.1) is 18.6 Å². The molecule has 0 spiro atoms. The average molecular weight is 677 g/mol. The maximum atomic E-state index is 14.0. The van der Waals surface area contributed by atoms with Crippen LogP contribution in [0.3, 0.4) is 0 Å². The molecule has 0 aromatic heterocycles. The number of phenols is 1. The number of hydrogen-bond acceptors (Lipinski definition) is 9. The Kier molecular flexibility index (Phi) is 14.3. The molecule has 0 bridgehead atoms. The zero-order valence-electron chi connectivity index (χ0n) is 24.6. The highest BCUT2D eigenvalue weighted by Crippen LogP contribution is 2.24. The number of aromatic hydroxyl groups is 1. The highest BCUT2D eigenvalue weighted by molar-refractivity contribution is 7.98. The molecule has 2 aromatic rings. The van der Waals surface area contributed by atoms with Crippen LogP contribution in [-0.2, 0) is 36.8 Å². The van der Waals surface area contributed by atoms with Crippen molar-refractivity contribution in [2.75, 3.05) is 18.6 Å². The Morgan fingerprint density at radius 3 is 1.87 bits per heavy atom. The van der Waals surface area contributed by atoms with E-state index in [0.29, 0.717) is 5.56 Å². The molecule has 9 N–H and O–H groups in total. The molecule has 2 rings (SSSR count). The Morgan fingerprint density at radius 1 is 0.783 bits per heavy atom.